The van der Waals surface area contributed by atoms with Gasteiger partial charge in [0.05, 0.1) is 13.2 Å². The molecule has 3 N–H and O–H groups in total. The topological polar surface area (TPSA) is 134 Å². The van der Waals surface area contributed by atoms with Crippen LogP contribution < -0.4 is 5.73 Å². The van der Waals surface area contributed by atoms with Crippen LogP contribution in [0.5, 0.6) is 0 Å². The fraction of sp³-hybridized carbons (Fsp3) is 0.661. The van der Waals surface area contributed by atoms with E-state index in [0.29, 0.717) is 12.8 Å². The molecule has 394 valence electrons. The van der Waals surface area contributed by atoms with Crippen molar-refractivity contribution < 1.29 is 37.6 Å². The van der Waals surface area contributed by atoms with E-state index in [1.54, 1.807) is 0 Å². The third kappa shape index (κ3) is 53.9. The Morgan fingerprint density at radius 1 is 0.449 bits per heavy atom. The summed E-state index contributed by atoms with van der Waals surface area (Å²) in [5.74, 6) is -0.903. The van der Waals surface area contributed by atoms with Crippen molar-refractivity contribution in [2.75, 3.05) is 26.4 Å². The predicted molar refractivity (Wildman–Crippen MR) is 293 cm³/mol. The van der Waals surface area contributed by atoms with Crippen molar-refractivity contribution in [3.05, 3.63) is 109 Å². The molecule has 0 fully saturated rings. The fourth-order valence-electron chi connectivity index (χ4n) is 7.13. The minimum atomic E-state index is -4.41. The Hall–Kier alpha value is -3.33. The Morgan fingerprint density at radius 2 is 0.812 bits per heavy atom. The highest BCUT2D eigenvalue weighted by Crippen LogP contribution is 2.43. The molecule has 0 aliphatic heterocycles. The van der Waals surface area contributed by atoms with Gasteiger partial charge in [-0.3, -0.25) is 18.6 Å². The van der Waals surface area contributed by atoms with Crippen molar-refractivity contribution in [2.45, 2.75) is 225 Å². The molecule has 0 aromatic heterocycles. The van der Waals surface area contributed by atoms with Crippen molar-refractivity contribution in [2.24, 2.45) is 5.73 Å². The minimum absolute atomic E-state index is 0.0385. The van der Waals surface area contributed by atoms with E-state index in [-0.39, 0.29) is 32.6 Å². The molecule has 2 atom stereocenters. The summed E-state index contributed by atoms with van der Waals surface area (Å²) in [7, 11) is -4.41. The SMILES string of the molecule is CC/C=C\C/C=C\C/C=C\C/C=C\C/C=C\C/C=C\C/C=C\CCCC(=O)OC(COC(=O)CCCCCCCCCCCCCCC/C=C\C/C=C\CCCCCCC)COP(=O)(O)OCCN. The van der Waals surface area contributed by atoms with Crippen molar-refractivity contribution in [3.8, 4) is 0 Å². The number of phosphoric ester groups is 1. The van der Waals surface area contributed by atoms with Gasteiger partial charge >= 0.3 is 19.8 Å². The summed E-state index contributed by atoms with van der Waals surface area (Å²) in [6.45, 7) is 3.55. The normalized spacial score (nSPS) is 14.0. The van der Waals surface area contributed by atoms with Gasteiger partial charge in [-0.1, -0.05) is 220 Å². The van der Waals surface area contributed by atoms with Crippen molar-refractivity contribution in [3.63, 3.8) is 0 Å². The number of nitrogens with two attached hydrogens (primary N) is 1. The van der Waals surface area contributed by atoms with Gasteiger partial charge in [-0.25, -0.2) is 4.57 Å². The van der Waals surface area contributed by atoms with E-state index < -0.39 is 32.5 Å². The van der Waals surface area contributed by atoms with Crippen molar-refractivity contribution in [1.82, 2.24) is 0 Å². The molecular weight excluding hydrogens is 882 g/mol. The van der Waals surface area contributed by atoms with Gasteiger partial charge in [0.2, 0.25) is 0 Å². The van der Waals surface area contributed by atoms with Gasteiger partial charge in [0.1, 0.15) is 6.61 Å². The van der Waals surface area contributed by atoms with E-state index in [0.717, 1.165) is 70.6 Å². The summed E-state index contributed by atoms with van der Waals surface area (Å²) in [4.78, 5) is 35.1. The number of rotatable bonds is 50. The zero-order valence-electron chi connectivity index (χ0n) is 43.8. The van der Waals surface area contributed by atoms with Crippen molar-refractivity contribution >= 4 is 19.8 Å². The minimum Gasteiger partial charge on any atom is -0.462 e. The first-order chi connectivity index (χ1) is 33.8. The van der Waals surface area contributed by atoms with Gasteiger partial charge in [-0.05, 0) is 96.3 Å². The van der Waals surface area contributed by atoms with Crippen LogP contribution in [-0.4, -0.2) is 49.3 Å². The molecule has 2 unspecified atom stereocenters. The highest BCUT2D eigenvalue weighted by molar-refractivity contribution is 7.47. The van der Waals surface area contributed by atoms with Crippen molar-refractivity contribution in [1.29, 1.82) is 0 Å². The van der Waals surface area contributed by atoms with Crippen LogP contribution in [0.2, 0.25) is 0 Å². The lowest BCUT2D eigenvalue weighted by molar-refractivity contribution is -0.161. The van der Waals surface area contributed by atoms with E-state index >= 15 is 0 Å². The molecule has 0 saturated heterocycles. The zero-order chi connectivity index (χ0) is 50.2. The Morgan fingerprint density at radius 3 is 1.23 bits per heavy atom. The molecule has 0 bridgehead atoms. The van der Waals surface area contributed by atoms with E-state index in [1.807, 2.05) is 6.08 Å². The molecule has 0 aliphatic carbocycles. The van der Waals surface area contributed by atoms with Gasteiger partial charge in [-0.15, -0.1) is 0 Å². The second kappa shape index (κ2) is 54.0. The third-order valence-corrected chi connectivity index (χ3v) is 12.1. The molecule has 10 heteroatoms. The zero-order valence-corrected chi connectivity index (χ0v) is 44.6. The maximum atomic E-state index is 12.7. The van der Waals surface area contributed by atoms with Gasteiger partial charge in [0, 0.05) is 19.4 Å². The molecule has 0 aromatic carbocycles. The Bertz CT molecular complexity index is 1490. The number of hydrogen-bond donors (Lipinski definition) is 2. The monoisotopic (exact) mass is 982 g/mol. The fourth-order valence-corrected chi connectivity index (χ4v) is 7.89. The summed E-state index contributed by atoms with van der Waals surface area (Å²) < 4.78 is 32.9. The van der Waals surface area contributed by atoms with Crippen LogP contribution in [0.25, 0.3) is 0 Å². The Kier molecular flexibility index (Phi) is 51.4. The molecule has 9 nitrogen and oxygen atoms in total. The highest BCUT2D eigenvalue weighted by atomic mass is 31.2. The van der Waals surface area contributed by atoms with Gasteiger partial charge in [0.15, 0.2) is 6.10 Å². The smallest absolute Gasteiger partial charge is 0.462 e. The molecular formula is C59H100NO8P. The molecule has 0 saturated carbocycles. The van der Waals surface area contributed by atoms with Crippen LogP contribution >= 0.6 is 7.82 Å². The summed E-state index contributed by atoms with van der Waals surface area (Å²) in [6, 6.07) is 0. The summed E-state index contributed by atoms with van der Waals surface area (Å²) in [5.41, 5.74) is 5.37. The lowest BCUT2D eigenvalue weighted by Gasteiger charge is -2.19. The highest BCUT2D eigenvalue weighted by Gasteiger charge is 2.26. The number of allylic oxidation sites excluding steroid dienone is 18. The molecule has 0 aliphatic rings. The molecule has 0 amide bonds. The first-order valence-corrected chi connectivity index (χ1v) is 28.9. The number of esters is 2. The average molecular weight is 982 g/mol. The Balaban J connectivity index is 4.12. The van der Waals surface area contributed by atoms with Crippen LogP contribution in [0.4, 0.5) is 0 Å². The van der Waals surface area contributed by atoms with Gasteiger partial charge in [0.25, 0.3) is 0 Å². The first kappa shape index (κ1) is 65.7. The van der Waals surface area contributed by atoms with Gasteiger partial charge in [-0.2, -0.15) is 0 Å². The van der Waals surface area contributed by atoms with E-state index in [1.165, 1.54) is 109 Å². The molecule has 0 radical (unpaired) electrons. The molecule has 0 rings (SSSR count). The van der Waals surface area contributed by atoms with Crippen LogP contribution in [0.15, 0.2) is 109 Å². The van der Waals surface area contributed by atoms with E-state index in [4.69, 9.17) is 24.3 Å². The number of carbonyl (C=O) groups is 2. The molecule has 69 heavy (non-hydrogen) atoms. The quantitative estimate of drug-likeness (QED) is 0.0264. The van der Waals surface area contributed by atoms with Crippen LogP contribution in [0, 0.1) is 0 Å². The molecule has 0 spiro atoms. The lowest BCUT2D eigenvalue weighted by Crippen LogP contribution is -2.29. The number of unbranched alkanes of at least 4 members (excludes halogenated alkanes) is 19. The average Bonchev–Trinajstić information content (AvgIpc) is 3.34. The number of ether oxygens (including phenoxy) is 2. The van der Waals surface area contributed by atoms with E-state index in [2.05, 4.69) is 117 Å². The predicted octanol–water partition coefficient (Wildman–Crippen LogP) is 17.1. The van der Waals surface area contributed by atoms with Crippen LogP contribution in [-0.2, 0) is 32.7 Å². The number of carbonyl (C=O) groups excluding carboxylic acids is 2. The first-order valence-electron chi connectivity index (χ1n) is 27.4. The largest absolute Gasteiger partial charge is 0.472 e. The maximum Gasteiger partial charge on any atom is 0.472 e. The standard InChI is InChI=1S/C59H100NO8P/c1-3-5-7-9-11-13-15-17-19-21-23-25-27-28-30-31-33-35-37-39-41-43-45-47-49-51-58(61)65-55-57(56-67-69(63,64)66-54-53-60)68-59(62)52-50-48-46-44-42-40-38-36-34-32-29-26-24-22-20-18-16-14-12-10-8-6-4-2/h6,8,12,14-15,17-18,20-21,23-24,26,32,34,38,40,44,46,57H,3-5,7,9-11,13,16,19,22,25,27-31,33,35-37,39,41-43,45,47-56,60H2,1-2H3,(H,63,64)/b8-6-,14-12-,17-15-,20-18-,23-21-,26-24-,34-32-,40-38-,46-44-. The molecule has 0 heterocycles. The maximum absolute atomic E-state index is 12.7. The summed E-state index contributed by atoms with van der Waals surface area (Å²) in [5, 5.41) is 0. The third-order valence-electron chi connectivity index (χ3n) is 11.1. The summed E-state index contributed by atoms with van der Waals surface area (Å²) in [6.07, 6.45) is 72.8. The van der Waals surface area contributed by atoms with Gasteiger partial charge < -0.3 is 20.1 Å². The second-order valence-electron chi connectivity index (χ2n) is 17.7. The second-order valence-corrected chi connectivity index (χ2v) is 19.2. The molecule has 0 aromatic rings. The number of hydrogen-bond acceptors (Lipinski definition) is 8. The summed E-state index contributed by atoms with van der Waals surface area (Å²) >= 11 is 0. The Labute approximate surface area is 422 Å². The van der Waals surface area contributed by atoms with E-state index in [9.17, 15) is 19.0 Å². The number of phosphoric acid groups is 1. The van der Waals surface area contributed by atoms with Crippen LogP contribution in [0.1, 0.15) is 219 Å². The van der Waals surface area contributed by atoms with Crippen LogP contribution in [0.3, 0.4) is 0 Å². The lowest BCUT2D eigenvalue weighted by atomic mass is 10.0.